The molecular formula is C15H20N2O3. The van der Waals surface area contributed by atoms with Crippen LogP contribution in [0.1, 0.15) is 24.3 Å². The van der Waals surface area contributed by atoms with Gasteiger partial charge in [-0.25, -0.2) is 0 Å². The first-order valence-electron chi connectivity index (χ1n) is 6.50. The number of benzene rings is 1. The Balaban J connectivity index is 2.64. The lowest BCUT2D eigenvalue weighted by Crippen LogP contribution is -2.31. The molecule has 0 saturated heterocycles. The average molecular weight is 276 g/mol. The number of rotatable bonds is 4. The van der Waals surface area contributed by atoms with Crippen molar-refractivity contribution in [1.82, 2.24) is 9.88 Å². The second-order valence-corrected chi connectivity index (χ2v) is 4.95. The third-order valence-electron chi connectivity index (χ3n) is 3.21. The summed E-state index contributed by atoms with van der Waals surface area (Å²) in [5.74, 6) is 1.33. The number of carbonyl (C=O) groups excluding carboxylic acids is 1. The van der Waals surface area contributed by atoms with E-state index in [1.165, 1.54) is 0 Å². The molecule has 0 radical (unpaired) electrons. The summed E-state index contributed by atoms with van der Waals surface area (Å²) in [5, 5.41) is 3.76. The predicted octanol–water partition coefficient (Wildman–Crippen LogP) is 2.33. The Labute approximate surface area is 118 Å². The minimum atomic E-state index is -0.109. The van der Waals surface area contributed by atoms with Gasteiger partial charge in [0.2, 0.25) is 0 Å². The third kappa shape index (κ3) is 2.31. The van der Waals surface area contributed by atoms with Crippen LogP contribution in [0.25, 0.3) is 10.9 Å². The summed E-state index contributed by atoms with van der Waals surface area (Å²) in [6.07, 6.45) is 0. The van der Waals surface area contributed by atoms with Gasteiger partial charge in [0.25, 0.3) is 5.91 Å². The van der Waals surface area contributed by atoms with E-state index >= 15 is 0 Å². The molecule has 2 aromatic rings. The van der Waals surface area contributed by atoms with E-state index in [0.717, 1.165) is 16.7 Å². The zero-order valence-electron chi connectivity index (χ0n) is 12.5. The number of aryl methyl sites for hydroxylation is 1. The summed E-state index contributed by atoms with van der Waals surface area (Å²) in [6, 6.07) is 5.59. The summed E-state index contributed by atoms with van der Waals surface area (Å²) >= 11 is 0. The van der Waals surface area contributed by atoms with E-state index in [-0.39, 0.29) is 11.9 Å². The van der Waals surface area contributed by atoms with Gasteiger partial charge in [0.15, 0.2) is 0 Å². The van der Waals surface area contributed by atoms with Crippen LogP contribution in [0.5, 0.6) is 11.5 Å². The fraction of sp³-hybridized carbons (Fsp3) is 0.400. The second-order valence-electron chi connectivity index (χ2n) is 4.95. The first-order valence-corrected chi connectivity index (χ1v) is 6.50. The van der Waals surface area contributed by atoms with Crippen molar-refractivity contribution in [2.75, 3.05) is 14.2 Å². The molecule has 0 bridgehead atoms. The lowest BCUT2D eigenvalue weighted by Gasteiger charge is -2.10. The minimum Gasteiger partial charge on any atom is -0.496 e. The highest BCUT2D eigenvalue weighted by atomic mass is 16.5. The summed E-state index contributed by atoms with van der Waals surface area (Å²) in [7, 11) is 5.07. The quantitative estimate of drug-likeness (QED) is 0.932. The van der Waals surface area contributed by atoms with E-state index in [2.05, 4.69) is 5.32 Å². The second kappa shape index (κ2) is 5.45. The number of nitrogens with one attached hydrogen (secondary N) is 1. The Kier molecular flexibility index (Phi) is 3.88. The molecular weight excluding hydrogens is 256 g/mol. The molecule has 1 amide bonds. The van der Waals surface area contributed by atoms with Gasteiger partial charge in [0, 0.05) is 18.5 Å². The van der Waals surface area contributed by atoms with Crippen LogP contribution in [-0.4, -0.2) is 30.7 Å². The topological polar surface area (TPSA) is 52.5 Å². The molecule has 0 fully saturated rings. The highest BCUT2D eigenvalue weighted by Crippen LogP contribution is 2.35. The predicted molar refractivity (Wildman–Crippen MR) is 78.6 cm³/mol. The Morgan fingerprint density at radius 2 is 1.80 bits per heavy atom. The number of fused-ring (bicyclic) bond motifs is 1. The average Bonchev–Trinajstić information content (AvgIpc) is 2.75. The van der Waals surface area contributed by atoms with Gasteiger partial charge in [-0.15, -0.1) is 0 Å². The molecule has 1 aromatic heterocycles. The number of carbonyl (C=O) groups is 1. The SMILES string of the molecule is COc1ccc(OC)c2c1cc(C(=O)NC(C)C)n2C. The van der Waals surface area contributed by atoms with E-state index in [1.54, 1.807) is 14.2 Å². The molecule has 0 aliphatic heterocycles. The van der Waals surface area contributed by atoms with E-state index in [4.69, 9.17) is 9.47 Å². The van der Waals surface area contributed by atoms with Gasteiger partial charge < -0.3 is 19.4 Å². The van der Waals surface area contributed by atoms with Gasteiger partial charge in [0.05, 0.1) is 19.7 Å². The van der Waals surface area contributed by atoms with Crippen molar-refractivity contribution >= 4 is 16.8 Å². The molecule has 5 heteroatoms. The Hall–Kier alpha value is -2.17. The number of methoxy groups -OCH3 is 2. The molecule has 1 heterocycles. The van der Waals surface area contributed by atoms with Gasteiger partial charge in [-0.2, -0.15) is 0 Å². The lowest BCUT2D eigenvalue weighted by molar-refractivity contribution is 0.0935. The van der Waals surface area contributed by atoms with Crippen LogP contribution >= 0.6 is 0 Å². The largest absolute Gasteiger partial charge is 0.496 e. The maximum Gasteiger partial charge on any atom is 0.268 e. The Morgan fingerprint density at radius 1 is 1.20 bits per heavy atom. The summed E-state index contributed by atoms with van der Waals surface area (Å²) in [6.45, 7) is 3.86. The van der Waals surface area contributed by atoms with Gasteiger partial charge in [-0.1, -0.05) is 0 Å². The Morgan fingerprint density at radius 3 is 2.35 bits per heavy atom. The normalized spacial score (nSPS) is 10.9. The first kappa shape index (κ1) is 14.2. The number of hydrogen-bond acceptors (Lipinski definition) is 3. The van der Waals surface area contributed by atoms with Crippen molar-refractivity contribution in [1.29, 1.82) is 0 Å². The van der Waals surface area contributed by atoms with Crippen molar-refractivity contribution in [3.05, 3.63) is 23.9 Å². The van der Waals surface area contributed by atoms with Crippen LogP contribution in [0.15, 0.2) is 18.2 Å². The molecule has 5 nitrogen and oxygen atoms in total. The summed E-state index contributed by atoms with van der Waals surface area (Å²) < 4.78 is 12.6. The highest BCUT2D eigenvalue weighted by Gasteiger charge is 2.19. The van der Waals surface area contributed by atoms with Gasteiger partial charge in [-0.3, -0.25) is 4.79 Å². The van der Waals surface area contributed by atoms with Crippen molar-refractivity contribution in [2.24, 2.45) is 7.05 Å². The zero-order valence-corrected chi connectivity index (χ0v) is 12.5. The monoisotopic (exact) mass is 276 g/mol. The summed E-state index contributed by atoms with van der Waals surface area (Å²) in [4.78, 5) is 12.2. The van der Waals surface area contributed by atoms with Gasteiger partial charge in [0.1, 0.15) is 17.2 Å². The van der Waals surface area contributed by atoms with Crippen molar-refractivity contribution in [3.63, 3.8) is 0 Å². The van der Waals surface area contributed by atoms with Crippen LogP contribution in [0, 0.1) is 0 Å². The van der Waals surface area contributed by atoms with E-state index in [1.807, 2.05) is 43.7 Å². The number of amides is 1. The zero-order chi connectivity index (χ0) is 14.9. The number of aromatic nitrogens is 1. The van der Waals surface area contributed by atoms with Gasteiger partial charge in [-0.05, 0) is 32.0 Å². The minimum absolute atomic E-state index is 0.0873. The number of ether oxygens (including phenoxy) is 2. The first-order chi connectivity index (χ1) is 9.49. The molecule has 108 valence electrons. The third-order valence-corrected chi connectivity index (χ3v) is 3.21. The summed E-state index contributed by atoms with van der Waals surface area (Å²) in [5.41, 5.74) is 1.43. The lowest BCUT2D eigenvalue weighted by atomic mass is 10.2. The molecule has 0 spiro atoms. The molecule has 0 unspecified atom stereocenters. The van der Waals surface area contributed by atoms with E-state index in [9.17, 15) is 4.79 Å². The maximum atomic E-state index is 12.2. The van der Waals surface area contributed by atoms with Crippen LogP contribution < -0.4 is 14.8 Å². The van der Waals surface area contributed by atoms with Crippen molar-refractivity contribution < 1.29 is 14.3 Å². The fourth-order valence-electron chi connectivity index (χ4n) is 2.31. The standard InChI is InChI=1S/C15H20N2O3/c1-9(2)16-15(18)11-8-10-12(19-4)6-7-13(20-5)14(10)17(11)3/h6-9H,1-5H3,(H,16,18). The Bertz CT molecular complexity index is 644. The molecule has 2 rings (SSSR count). The van der Waals surface area contributed by atoms with Crippen LogP contribution in [0.3, 0.4) is 0 Å². The van der Waals surface area contributed by atoms with Crippen LogP contribution in [0.4, 0.5) is 0 Å². The molecule has 0 saturated carbocycles. The van der Waals surface area contributed by atoms with E-state index in [0.29, 0.717) is 11.4 Å². The molecule has 0 aliphatic rings. The number of hydrogen-bond donors (Lipinski definition) is 1. The van der Waals surface area contributed by atoms with Crippen molar-refractivity contribution in [2.45, 2.75) is 19.9 Å². The molecule has 0 aliphatic carbocycles. The highest BCUT2D eigenvalue weighted by molar-refractivity contribution is 6.02. The molecule has 1 aromatic carbocycles. The van der Waals surface area contributed by atoms with E-state index < -0.39 is 0 Å². The smallest absolute Gasteiger partial charge is 0.268 e. The van der Waals surface area contributed by atoms with Crippen LogP contribution in [-0.2, 0) is 7.05 Å². The maximum absolute atomic E-state index is 12.2. The van der Waals surface area contributed by atoms with Gasteiger partial charge >= 0.3 is 0 Å². The molecule has 0 atom stereocenters. The fourth-order valence-corrected chi connectivity index (χ4v) is 2.31. The number of nitrogens with zero attached hydrogens (tertiary/aromatic N) is 1. The molecule has 20 heavy (non-hydrogen) atoms. The van der Waals surface area contributed by atoms with Crippen molar-refractivity contribution in [3.8, 4) is 11.5 Å². The van der Waals surface area contributed by atoms with Crippen LogP contribution in [0.2, 0.25) is 0 Å². The molecule has 1 N–H and O–H groups in total.